The molecule has 0 spiro atoms. The number of rotatable bonds is 4. The predicted molar refractivity (Wildman–Crippen MR) is 61.2 cm³/mol. The van der Waals surface area contributed by atoms with Crippen LogP contribution in [-0.2, 0) is 14.3 Å². The molecule has 1 atom stereocenters. The molecule has 0 heterocycles. The number of carbonyl (C=O) groups excluding carboxylic acids is 2. The fraction of sp³-hybridized carbons (Fsp3) is 0.833. The smallest absolute Gasteiger partial charge is 0.467 e. The highest BCUT2D eigenvalue weighted by molar-refractivity contribution is 5.87. The van der Waals surface area contributed by atoms with Crippen molar-refractivity contribution in [1.82, 2.24) is 5.32 Å². The Hall–Kier alpha value is -1.27. The van der Waals surface area contributed by atoms with E-state index in [1.165, 1.54) is 0 Å². The second-order valence-electron chi connectivity index (χ2n) is 4.79. The second kappa shape index (κ2) is 6.77. The molecule has 7 heteroatoms. The number of amides is 1. The third-order valence-electron chi connectivity index (χ3n) is 3.34. The summed E-state index contributed by atoms with van der Waals surface area (Å²) < 4.78 is 41.0. The maximum Gasteiger partial charge on any atom is 0.471 e. The van der Waals surface area contributed by atoms with Crippen LogP contribution in [0.15, 0.2) is 0 Å². The van der Waals surface area contributed by atoms with Gasteiger partial charge in [0, 0.05) is 0 Å². The summed E-state index contributed by atoms with van der Waals surface area (Å²) in [6.45, 7) is 0. The Labute approximate surface area is 109 Å². The number of esters is 1. The Morgan fingerprint density at radius 2 is 1.84 bits per heavy atom. The molecule has 1 amide bonds. The molecule has 19 heavy (non-hydrogen) atoms. The summed E-state index contributed by atoms with van der Waals surface area (Å²) in [7, 11) is 1.09. The Morgan fingerprint density at radius 3 is 2.32 bits per heavy atom. The third-order valence-corrected chi connectivity index (χ3v) is 3.34. The van der Waals surface area contributed by atoms with Crippen molar-refractivity contribution in [3.63, 3.8) is 0 Å². The molecule has 1 aliphatic rings. The minimum atomic E-state index is -4.99. The van der Waals surface area contributed by atoms with E-state index < -0.39 is 24.1 Å². The topological polar surface area (TPSA) is 55.4 Å². The summed E-state index contributed by atoms with van der Waals surface area (Å²) in [4.78, 5) is 22.3. The van der Waals surface area contributed by atoms with Gasteiger partial charge in [0.25, 0.3) is 0 Å². The number of methoxy groups -OCH3 is 1. The van der Waals surface area contributed by atoms with E-state index in [2.05, 4.69) is 4.74 Å². The van der Waals surface area contributed by atoms with Crippen molar-refractivity contribution in [1.29, 1.82) is 0 Å². The van der Waals surface area contributed by atoms with Crippen molar-refractivity contribution in [3.8, 4) is 0 Å². The summed E-state index contributed by atoms with van der Waals surface area (Å²) in [6, 6.07) is -1.22. The Morgan fingerprint density at radius 1 is 1.26 bits per heavy atom. The predicted octanol–water partition coefficient (Wildman–Crippen LogP) is 2.18. The van der Waals surface area contributed by atoms with Gasteiger partial charge in [0.05, 0.1) is 7.11 Å². The molecular weight excluding hydrogens is 263 g/mol. The highest BCUT2D eigenvalue weighted by Crippen LogP contribution is 2.28. The molecule has 0 bridgehead atoms. The molecule has 1 aliphatic carbocycles. The zero-order chi connectivity index (χ0) is 14.5. The van der Waals surface area contributed by atoms with Crippen LogP contribution in [0, 0.1) is 5.92 Å². The van der Waals surface area contributed by atoms with Gasteiger partial charge in [-0.3, -0.25) is 4.79 Å². The molecule has 1 saturated carbocycles. The Kier molecular flexibility index (Phi) is 5.62. The van der Waals surface area contributed by atoms with E-state index in [-0.39, 0.29) is 12.3 Å². The van der Waals surface area contributed by atoms with E-state index in [0.29, 0.717) is 0 Å². The minimum absolute atomic E-state index is 0.159. The van der Waals surface area contributed by atoms with Crippen LogP contribution in [0.3, 0.4) is 0 Å². The summed E-state index contributed by atoms with van der Waals surface area (Å²) in [5.41, 5.74) is 0. The van der Waals surface area contributed by atoms with Gasteiger partial charge in [-0.15, -0.1) is 0 Å². The molecule has 1 rings (SSSR count). The maximum absolute atomic E-state index is 12.2. The zero-order valence-electron chi connectivity index (χ0n) is 10.8. The number of alkyl halides is 3. The van der Waals surface area contributed by atoms with Gasteiger partial charge in [-0.25, -0.2) is 4.79 Å². The lowest BCUT2D eigenvalue weighted by molar-refractivity contribution is -0.175. The first-order valence-corrected chi connectivity index (χ1v) is 6.30. The second-order valence-corrected chi connectivity index (χ2v) is 4.79. The first-order valence-electron chi connectivity index (χ1n) is 6.30. The lowest BCUT2D eigenvalue weighted by Crippen LogP contribution is -2.48. The van der Waals surface area contributed by atoms with Crippen molar-refractivity contribution in [2.45, 2.75) is 50.7 Å². The lowest BCUT2D eigenvalue weighted by Gasteiger charge is -2.26. The van der Waals surface area contributed by atoms with Crippen LogP contribution >= 0.6 is 0 Å². The van der Waals surface area contributed by atoms with Gasteiger partial charge in [-0.2, -0.15) is 13.2 Å². The summed E-state index contributed by atoms with van der Waals surface area (Å²) in [6.07, 6.45) is 0.0734. The number of nitrogens with one attached hydrogen (secondary N) is 1. The monoisotopic (exact) mass is 281 g/mol. The molecule has 1 N–H and O–H groups in total. The van der Waals surface area contributed by atoms with Crippen LogP contribution in [-0.4, -0.2) is 31.2 Å². The largest absolute Gasteiger partial charge is 0.471 e. The summed E-state index contributed by atoms with van der Waals surface area (Å²) in [5, 5.41) is 1.72. The standard InChI is InChI=1S/C12H18F3NO3/c1-19-10(17)9(16-11(18)12(13,14)15)7-8-5-3-2-4-6-8/h8-9H,2-7H2,1H3,(H,16,18). The van der Waals surface area contributed by atoms with E-state index in [4.69, 9.17) is 0 Å². The van der Waals surface area contributed by atoms with Crippen LogP contribution in [0.4, 0.5) is 13.2 Å². The average molecular weight is 281 g/mol. The minimum Gasteiger partial charge on any atom is -0.467 e. The third kappa shape index (κ3) is 5.08. The normalized spacial score (nSPS) is 18.7. The highest BCUT2D eigenvalue weighted by atomic mass is 19.4. The number of hydrogen-bond acceptors (Lipinski definition) is 3. The van der Waals surface area contributed by atoms with Crippen LogP contribution in [0.1, 0.15) is 38.5 Å². The fourth-order valence-corrected chi connectivity index (χ4v) is 2.35. The van der Waals surface area contributed by atoms with Gasteiger partial charge in [0.2, 0.25) is 0 Å². The summed E-state index contributed by atoms with van der Waals surface area (Å²) >= 11 is 0. The molecule has 0 saturated heterocycles. The zero-order valence-corrected chi connectivity index (χ0v) is 10.8. The lowest BCUT2D eigenvalue weighted by atomic mass is 9.85. The van der Waals surface area contributed by atoms with Gasteiger partial charge < -0.3 is 10.1 Å². The average Bonchev–Trinajstić information content (AvgIpc) is 2.37. The van der Waals surface area contributed by atoms with Crippen molar-refractivity contribution >= 4 is 11.9 Å². The molecule has 0 aromatic rings. The van der Waals surface area contributed by atoms with Gasteiger partial charge in [-0.1, -0.05) is 32.1 Å². The Bertz CT molecular complexity index is 325. The first kappa shape index (κ1) is 15.8. The van der Waals surface area contributed by atoms with Gasteiger partial charge >= 0.3 is 18.1 Å². The molecule has 1 unspecified atom stereocenters. The molecular formula is C12H18F3NO3. The number of carbonyl (C=O) groups is 2. The quantitative estimate of drug-likeness (QED) is 0.804. The van der Waals surface area contributed by atoms with Gasteiger partial charge in [0.1, 0.15) is 6.04 Å². The van der Waals surface area contributed by atoms with E-state index in [1.54, 1.807) is 5.32 Å². The molecule has 0 radical (unpaired) electrons. The molecule has 1 fully saturated rings. The van der Waals surface area contributed by atoms with Crippen molar-refractivity contribution in [3.05, 3.63) is 0 Å². The van der Waals surface area contributed by atoms with E-state index >= 15 is 0 Å². The Balaban J connectivity index is 2.61. The first-order chi connectivity index (χ1) is 8.84. The van der Waals surface area contributed by atoms with Crippen LogP contribution < -0.4 is 5.32 Å². The maximum atomic E-state index is 12.2. The van der Waals surface area contributed by atoms with Gasteiger partial charge in [-0.05, 0) is 12.3 Å². The van der Waals surface area contributed by atoms with E-state index in [0.717, 1.165) is 39.2 Å². The van der Waals surface area contributed by atoms with Crippen LogP contribution in [0.2, 0.25) is 0 Å². The van der Waals surface area contributed by atoms with E-state index in [1.807, 2.05) is 0 Å². The number of ether oxygens (including phenoxy) is 1. The van der Waals surface area contributed by atoms with Crippen molar-refractivity contribution < 1.29 is 27.5 Å². The van der Waals surface area contributed by atoms with Crippen molar-refractivity contribution in [2.75, 3.05) is 7.11 Å². The molecule has 0 aromatic carbocycles. The number of hydrogen-bond donors (Lipinski definition) is 1. The number of halogens is 3. The van der Waals surface area contributed by atoms with Crippen LogP contribution in [0.5, 0.6) is 0 Å². The summed E-state index contributed by atoms with van der Waals surface area (Å²) in [5.74, 6) is -2.77. The highest BCUT2D eigenvalue weighted by Gasteiger charge is 2.41. The van der Waals surface area contributed by atoms with Gasteiger partial charge in [0.15, 0.2) is 0 Å². The van der Waals surface area contributed by atoms with E-state index in [9.17, 15) is 22.8 Å². The molecule has 0 aliphatic heterocycles. The SMILES string of the molecule is COC(=O)C(CC1CCCCC1)NC(=O)C(F)(F)F. The molecule has 110 valence electrons. The fourth-order valence-electron chi connectivity index (χ4n) is 2.35. The van der Waals surface area contributed by atoms with Crippen molar-refractivity contribution in [2.24, 2.45) is 5.92 Å². The molecule has 4 nitrogen and oxygen atoms in total. The van der Waals surface area contributed by atoms with Crippen LogP contribution in [0.25, 0.3) is 0 Å². The molecule has 0 aromatic heterocycles.